The first-order valence-electron chi connectivity index (χ1n) is 4.21. The molecule has 0 saturated heterocycles. The van der Waals surface area contributed by atoms with Crippen LogP contribution in [0.25, 0.3) is 0 Å². The summed E-state index contributed by atoms with van der Waals surface area (Å²) in [6.07, 6.45) is -2.94. The maximum Gasteiger partial charge on any atom is 0.481 e. The lowest BCUT2D eigenvalue weighted by Gasteiger charge is -2.16. The van der Waals surface area contributed by atoms with Crippen molar-refractivity contribution in [1.82, 2.24) is 0 Å². The van der Waals surface area contributed by atoms with Gasteiger partial charge in [0, 0.05) is 6.07 Å². The van der Waals surface area contributed by atoms with E-state index in [-0.39, 0.29) is 17.1 Å². The second-order valence-electron chi connectivity index (χ2n) is 2.98. The Balaban J connectivity index is 2.52. The fourth-order valence-electron chi connectivity index (χ4n) is 1.32. The Kier molecular flexibility index (Phi) is 2.33. The van der Waals surface area contributed by atoms with E-state index < -0.39 is 11.9 Å². The Bertz CT molecular complexity index is 433. The number of rotatable bonds is 1. The van der Waals surface area contributed by atoms with Gasteiger partial charge in [-0.3, -0.25) is 0 Å². The maximum absolute atomic E-state index is 12.6. The van der Waals surface area contributed by atoms with Crippen LogP contribution in [0.5, 0.6) is 0 Å². The van der Waals surface area contributed by atoms with Gasteiger partial charge < -0.3 is 9.94 Å². The average molecular weight is 233 g/mol. The Hall–Kier alpha value is -1.99. The highest BCUT2D eigenvalue weighted by Gasteiger charge is 2.44. The van der Waals surface area contributed by atoms with Crippen molar-refractivity contribution in [3.63, 3.8) is 0 Å². The van der Waals surface area contributed by atoms with Crippen LogP contribution in [-0.2, 0) is 10.9 Å². The fourth-order valence-corrected chi connectivity index (χ4v) is 1.32. The van der Waals surface area contributed by atoms with E-state index in [1.165, 1.54) is 6.07 Å². The lowest BCUT2D eigenvalue weighted by atomic mass is 10.3. The number of anilines is 1. The highest BCUT2D eigenvalue weighted by molar-refractivity contribution is 5.58. The van der Waals surface area contributed by atoms with Crippen molar-refractivity contribution in [1.29, 1.82) is 0 Å². The Labute approximate surface area is 87.9 Å². The molecule has 0 saturated carbocycles. The normalized spacial score (nSPS) is 15.3. The SMILES string of the molecule is [O-][n+]1cccc(N2COC=N2)c1C(F)(F)F. The van der Waals surface area contributed by atoms with Crippen molar-refractivity contribution in [2.24, 2.45) is 5.10 Å². The van der Waals surface area contributed by atoms with E-state index in [1.807, 2.05) is 0 Å². The van der Waals surface area contributed by atoms with Crippen LogP contribution >= 0.6 is 0 Å². The number of alkyl halides is 3. The first-order chi connectivity index (χ1) is 7.50. The molecule has 0 amide bonds. The van der Waals surface area contributed by atoms with Gasteiger partial charge in [-0.25, -0.2) is 5.01 Å². The summed E-state index contributed by atoms with van der Waals surface area (Å²) in [6, 6.07) is 2.37. The van der Waals surface area contributed by atoms with Gasteiger partial charge in [-0.1, -0.05) is 0 Å². The van der Waals surface area contributed by atoms with Gasteiger partial charge in [0.25, 0.3) is 0 Å². The molecule has 2 rings (SSSR count). The summed E-state index contributed by atoms with van der Waals surface area (Å²) < 4.78 is 42.3. The number of pyridine rings is 1. The number of hydrazone groups is 1. The molecule has 0 unspecified atom stereocenters. The van der Waals surface area contributed by atoms with E-state index in [0.717, 1.165) is 23.7 Å². The zero-order chi connectivity index (χ0) is 11.8. The summed E-state index contributed by atoms with van der Waals surface area (Å²) in [6.45, 7) is -0.146. The maximum atomic E-state index is 12.6. The molecule has 16 heavy (non-hydrogen) atoms. The zero-order valence-corrected chi connectivity index (χ0v) is 7.81. The summed E-state index contributed by atoms with van der Waals surface area (Å²) in [7, 11) is 0. The Morgan fingerprint density at radius 1 is 1.50 bits per heavy atom. The van der Waals surface area contributed by atoms with Crippen molar-refractivity contribution in [3.8, 4) is 0 Å². The molecule has 0 aromatic carbocycles. The lowest BCUT2D eigenvalue weighted by molar-refractivity contribution is -0.628. The molecule has 1 aromatic heterocycles. The molecule has 1 aliphatic heterocycles. The molecule has 0 aliphatic carbocycles. The first kappa shape index (κ1) is 10.5. The second kappa shape index (κ2) is 3.54. The molecule has 0 spiro atoms. The van der Waals surface area contributed by atoms with E-state index in [4.69, 9.17) is 0 Å². The van der Waals surface area contributed by atoms with E-state index in [9.17, 15) is 18.4 Å². The molecule has 0 radical (unpaired) electrons. The minimum atomic E-state index is -4.74. The molecule has 0 fully saturated rings. The van der Waals surface area contributed by atoms with Gasteiger partial charge in [-0.2, -0.15) is 17.9 Å². The summed E-state index contributed by atoms with van der Waals surface area (Å²) in [5.41, 5.74) is -1.64. The van der Waals surface area contributed by atoms with Crippen molar-refractivity contribution < 1.29 is 22.6 Å². The van der Waals surface area contributed by atoms with Gasteiger partial charge in [0.05, 0.1) is 0 Å². The van der Waals surface area contributed by atoms with Gasteiger partial charge in [0.2, 0.25) is 0 Å². The number of hydrogen-bond acceptors (Lipinski definition) is 4. The smallest absolute Gasteiger partial charge is 0.481 e. The monoisotopic (exact) mass is 233 g/mol. The van der Waals surface area contributed by atoms with Crippen molar-refractivity contribution in [2.45, 2.75) is 6.18 Å². The highest BCUT2D eigenvalue weighted by atomic mass is 19.4. The summed E-state index contributed by atoms with van der Waals surface area (Å²) in [5, 5.41) is 15.6. The van der Waals surface area contributed by atoms with Gasteiger partial charge in [-0.05, 0) is 6.07 Å². The molecule has 5 nitrogen and oxygen atoms in total. The highest BCUT2D eigenvalue weighted by Crippen LogP contribution is 2.34. The molecule has 0 N–H and O–H groups in total. The Morgan fingerprint density at radius 3 is 2.81 bits per heavy atom. The molecule has 1 aliphatic rings. The average Bonchev–Trinajstić information content (AvgIpc) is 2.67. The minimum Gasteiger partial charge on any atom is -0.618 e. The predicted molar refractivity (Wildman–Crippen MR) is 47.3 cm³/mol. The quantitative estimate of drug-likeness (QED) is 0.538. The third-order valence-electron chi connectivity index (χ3n) is 1.94. The Morgan fingerprint density at radius 2 is 2.25 bits per heavy atom. The lowest BCUT2D eigenvalue weighted by Crippen LogP contribution is -2.38. The number of nitrogens with zero attached hydrogens (tertiary/aromatic N) is 3. The molecule has 1 aromatic rings. The van der Waals surface area contributed by atoms with Gasteiger partial charge >= 0.3 is 11.9 Å². The third kappa shape index (κ3) is 1.73. The van der Waals surface area contributed by atoms with E-state index in [1.54, 1.807) is 0 Å². The van der Waals surface area contributed by atoms with E-state index in [0.29, 0.717) is 0 Å². The number of aromatic nitrogens is 1. The molecule has 2 heterocycles. The standard InChI is InChI=1S/C8H6F3N3O2/c9-8(10,11)7-6(2-1-3-14(7)15)13-5-16-4-12-13/h1-4H,5H2. The van der Waals surface area contributed by atoms with Crippen LogP contribution in [0.2, 0.25) is 0 Å². The number of ether oxygens (including phenoxy) is 1. The van der Waals surface area contributed by atoms with Gasteiger partial charge in [-0.15, -0.1) is 5.10 Å². The van der Waals surface area contributed by atoms with Gasteiger partial charge in [0.1, 0.15) is 5.69 Å². The van der Waals surface area contributed by atoms with Crippen LogP contribution in [-0.4, -0.2) is 13.1 Å². The van der Waals surface area contributed by atoms with Crippen LogP contribution in [0.4, 0.5) is 18.9 Å². The predicted octanol–water partition coefficient (Wildman–Crippen LogP) is 1.08. The first-order valence-corrected chi connectivity index (χ1v) is 4.21. The van der Waals surface area contributed by atoms with E-state index >= 15 is 0 Å². The summed E-state index contributed by atoms with van der Waals surface area (Å²) in [5.74, 6) is 0. The van der Waals surface area contributed by atoms with Gasteiger partial charge in [0.15, 0.2) is 19.3 Å². The largest absolute Gasteiger partial charge is 0.618 e. The van der Waals surface area contributed by atoms with Crippen LogP contribution in [0.15, 0.2) is 23.4 Å². The zero-order valence-electron chi connectivity index (χ0n) is 7.81. The molecule has 0 bridgehead atoms. The topological polar surface area (TPSA) is 51.8 Å². The molecule has 86 valence electrons. The second-order valence-corrected chi connectivity index (χ2v) is 2.98. The van der Waals surface area contributed by atoms with Crippen molar-refractivity contribution in [3.05, 3.63) is 29.2 Å². The summed E-state index contributed by atoms with van der Waals surface area (Å²) in [4.78, 5) is 0. The van der Waals surface area contributed by atoms with Crippen LogP contribution in [0.1, 0.15) is 5.69 Å². The van der Waals surface area contributed by atoms with Crippen LogP contribution in [0, 0.1) is 5.21 Å². The van der Waals surface area contributed by atoms with Crippen LogP contribution in [0.3, 0.4) is 0 Å². The fraction of sp³-hybridized carbons (Fsp3) is 0.250. The van der Waals surface area contributed by atoms with Crippen molar-refractivity contribution in [2.75, 3.05) is 11.7 Å². The minimum absolute atomic E-state index is 0.146. The van der Waals surface area contributed by atoms with Crippen molar-refractivity contribution >= 4 is 12.1 Å². The number of halogens is 3. The molecule has 8 heteroatoms. The third-order valence-corrected chi connectivity index (χ3v) is 1.94. The number of hydrogen-bond donors (Lipinski definition) is 0. The molecular formula is C8H6F3N3O2. The van der Waals surface area contributed by atoms with E-state index in [2.05, 4.69) is 9.84 Å². The molecule has 0 atom stereocenters. The van der Waals surface area contributed by atoms with Crippen LogP contribution < -0.4 is 9.74 Å². The summed E-state index contributed by atoms with van der Waals surface area (Å²) >= 11 is 0. The molecular weight excluding hydrogens is 227 g/mol.